The number of carbonyl (C=O) groups is 1. The number of hydrogen-bond acceptors (Lipinski definition) is 3. The maximum absolute atomic E-state index is 13.0. The standard InChI is InChI=1S/C10H18F2N2O2/c1-9(2,3)16-8(15)14-7-4-10(11,12)6-13-5-7/h7,13H,4-6H2,1-3H3,(H,14,15)/t7-/m0/s1. The number of amides is 1. The smallest absolute Gasteiger partial charge is 0.407 e. The number of nitrogens with one attached hydrogen (secondary N) is 2. The van der Waals surface area contributed by atoms with Crippen molar-refractivity contribution in [2.75, 3.05) is 13.1 Å². The number of rotatable bonds is 1. The largest absolute Gasteiger partial charge is 0.444 e. The minimum Gasteiger partial charge on any atom is -0.444 e. The maximum Gasteiger partial charge on any atom is 0.407 e. The van der Waals surface area contributed by atoms with Crippen LogP contribution in [0.15, 0.2) is 0 Å². The molecule has 1 rings (SSSR count). The number of alkyl carbamates (subject to hydrolysis) is 1. The highest BCUT2D eigenvalue weighted by atomic mass is 19.3. The van der Waals surface area contributed by atoms with Crippen LogP contribution >= 0.6 is 0 Å². The van der Waals surface area contributed by atoms with Crippen molar-refractivity contribution in [1.82, 2.24) is 10.6 Å². The van der Waals surface area contributed by atoms with Crippen LogP contribution in [0.2, 0.25) is 0 Å². The van der Waals surface area contributed by atoms with Crippen LogP contribution in [0.5, 0.6) is 0 Å². The maximum atomic E-state index is 13.0. The lowest BCUT2D eigenvalue weighted by molar-refractivity contribution is -0.0322. The second kappa shape index (κ2) is 4.53. The van der Waals surface area contributed by atoms with Crippen LogP contribution in [0, 0.1) is 0 Å². The van der Waals surface area contributed by atoms with Gasteiger partial charge in [0.15, 0.2) is 0 Å². The van der Waals surface area contributed by atoms with Crippen molar-refractivity contribution in [3.8, 4) is 0 Å². The first-order valence-corrected chi connectivity index (χ1v) is 5.26. The number of piperidine rings is 1. The number of alkyl halides is 2. The molecule has 1 amide bonds. The molecule has 0 aliphatic carbocycles. The van der Waals surface area contributed by atoms with Crippen LogP contribution in [0.1, 0.15) is 27.2 Å². The van der Waals surface area contributed by atoms with Gasteiger partial charge in [0.05, 0.1) is 12.6 Å². The fourth-order valence-corrected chi connectivity index (χ4v) is 1.51. The Kier molecular flexibility index (Phi) is 3.72. The normalized spacial score (nSPS) is 24.9. The third-order valence-corrected chi connectivity index (χ3v) is 2.04. The number of hydrogen-bond donors (Lipinski definition) is 2. The summed E-state index contributed by atoms with van der Waals surface area (Å²) in [6.07, 6.45) is -1.00. The Balaban J connectivity index is 2.40. The second-order valence-corrected chi connectivity index (χ2v) is 5.03. The third-order valence-electron chi connectivity index (χ3n) is 2.04. The molecule has 0 spiro atoms. The highest BCUT2D eigenvalue weighted by Gasteiger charge is 2.37. The summed E-state index contributed by atoms with van der Waals surface area (Å²) in [6.45, 7) is 5.18. The first-order chi connectivity index (χ1) is 7.18. The quantitative estimate of drug-likeness (QED) is 0.725. The Labute approximate surface area is 93.7 Å². The molecule has 1 heterocycles. The van der Waals surface area contributed by atoms with E-state index >= 15 is 0 Å². The fourth-order valence-electron chi connectivity index (χ4n) is 1.51. The molecule has 0 bridgehead atoms. The van der Waals surface area contributed by atoms with E-state index in [1.54, 1.807) is 20.8 Å². The summed E-state index contributed by atoms with van der Waals surface area (Å²) in [5, 5.41) is 5.00. The van der Waals surface area contributed by atoms with E-state index in [1.807, 2.05) is 0 Å². The molecular weight excluding hydrogens is 218 g/mol. The number of carbonyl (C=O) groups excluding carboxylic acids is 1. The van der Waals surface area contributed by atoms with E-state index in [0.29, 0.717) is 6.54 Å². The molecule has 0 aromatic carbocycles. The topological polar surface area (TPSA) is 50.4 Å². The van der Waals surface area contributed by atoms with Crippen molar-refractivity contribution >= 4 is 6.09 Å². The molecule has 0 aromatic rings. The number of ether oxygens (including phenoxy) is 1. The summed E-state index contributed by atoms with van der Waals surface area (Å²) in [5.41, 5.74) is -0.616. The van der Waals surface area contributed by atoms with Gasteiger partial charge in [-0.15, -0.1) is 0 Å². The minimum atomic E-state index is -2.77. The molecule has 6 heteroatoms. The Hall–Kier alpha value is -0.910. The lowest BCUT2D eigenvalue weighted by Crippen LogP contribution is -2.54. The van der Waals surface area contributed by atoms with Crippen molar-refractivity contribution in [1.29, 1.82) is 0 Å². The minimum absolute atomic E-state index is 0.334. The lowest BCUT2D eigenvalue weighted by atomic mass is 10.0. The van der Waals surface area contributed by atoms with Crippen molar-refractivity contribution in [2.24, 2.45) is 0 Å². The van der Waals surface area contributed by atoms with E-state index in [1.165, 1.54) is 0 Å². The monoisotopic (exact) mass is 236 g/mol. The van der Waals surface area contributed by atoms with Gasteiger partial charge in [0.2, 0.25) is 0 Å². The zero-order valence-corrected chi connectivity index (χ0v) is 9.77. The van der Waals surface area contributed by atoms with Gasteiger partial charge in [0.25, 0.3) is 5.92 Å². The van der Waals surface area contributed by atoms with E-state index in [0.717, 1.165) is 0 Å². The Morgan fingerprint density at radius 1 is 1.50 bits per heavy atom. The molecule has 16 heavy (non-hydrogen) atoms. The van der Waals surface area contributed by atoms with Crippen LogP contribution < -0.4 is 10.6 Å². The molecule has 2 N–H and O–H groups in total. The van der Waals surface area contributed by atoms with Crippen LogP contribution in [-0.2, 0) is 4.74 Å². The molecule has 94 valence electrons. The van der Waals surface area contributed by atoms with Crippen molar-refractivity contribution in [3.05, 3.63) is 0 Å². The first-order valence-electron chi connectivity index (χ1n) is 5.26. The van der Waals surface area contributed by atoms with Gasteiger partial charge >= 0.3 is 6.09 Å². The highest BCUT2D eigenvalue weighted by Crippen LogP contribution is 2.22. The molecule has 0 saturated carbocycles. The summed E-state index contributed by atoms with van der Waals surface area (Å²) in [5.74, 6) is -2.77. The third kappa shape index (κ3) is 4.74. The van der Waals surface area contributed by atoms with Crippen molar-refractivity contribution in [2.45, 2.75) is 44.8 Å². The molecule has 1 saturated heterocycles. The predicted molar refractivity (Wildman–Crippen MR) is 55.6 cm³/mol. The van der Waals surface area contributed by atoms with Gasteiger partial charge in [-0.2, -0.15) is 0 Å². The molecule has 0 aromatic heterocycles. The zero-order chi connectivity index (χ0) is 12.4. The molecule has 1 fully saturated rings. The summed E-state index contributed by atoms with van der Waals surface area (Å²) in [7, 11) is 0. The Morgan fingerprint density at radius 3 is 2.62 bits per heavy atom. The van der Waals surface area contributed by atoms with E-state index in [9.17, 15) is 13.6 Å². The van der Waals surface area contributed by atoms with Crippen molar-refractivity contribution in [3.63, 3.8) is 0 Å². The van der Waals surface area contributed by atoms with Crippen molar-refractivity contribution < 1.29 is 18.3 Å². The van der Waals surface area contributed by atoms with Gasteiger partial charge in [-0.05, 0) is 20.8 Å². The first kappa shape index (κ1) is 13.2. The summed E-state index contributed by atoms with van der Waals surface area (Å²) >= 11 is 0. The predicted octanol–water partition coefficient (Wildman–Crippen LogP) is 1.51. The van der Waals surface area contributed by atoms with Crippen LogP contribution in [0.3, 0.4) is 0 Å². The molecular formula is C10H18F2N2O2. The van der Waals surface area contributed by atoms with E-state index in [-0.39, 0.29) is 13.0 Å². The molecule has 0 unspecified atom stereocenters. The molecule has 1 aliphatic rings. The van der Waals surface area contributed by atoms with E-state index in [4.69, 9.17) is 4.74 Å². The Bertz CT molecular complexity index is 264. The molecule has 4 nitrogen and oxygen atoms in total. The second-order valence-electron chi connectivity index (χ2n) is 5.03. The SMILES string of the molecule is CC(C)(C)OC(=O)N[C@@H]1CNCC(F)(F)C1. The van der Waals surface area contributed by atoms with Gasteiger partial charge in [-0.3, -0.25) is 0 Å². The van der Waals surface area contributed by atoms with Gasteiger partial charge in [0, 0.05) is 13.0 Å². The van der Waals surface area contributed by atoms with Crippen LogP contribution in [0.4, 0.5) is 13.6 Å². The van der Waals surface area contributed by atoms with Gasteiger partial charge < -0.3 is 15.4 Å². The average molecular weight is 236 g/mol. The van der Waals surface area contributed by atoms with Crippen LogP contribution in [-0.4, -0.2) is 36.7 Å². The van der Waals surface area contributed by atoms with E-state index < -0.39 is 23.7 Å². The summed E-state index contributed by atoms with van der Waals surface area (Å²) < 4.78 is 31.0. The zero-order valence-electron chi connectivity index (χ0n) is 9.77. The number of halogens is 2. The highest BCUT2D eigenvalue weighted by molar-refractivity contribution is 5.68. The summed E-state index contributed by atoms with van der Waals surface area (Å²) in [4.78, 5) is 11.3. The summed E-state index contributed by atoms with van der Waals surface area (Å²) in [6, 6.07) is -0.585. The average Bonchev–Trinajstić information content (AvgIpc) is 1.96. The van der Waals surface area contributed by atoms with Gasteiger partial charge in [-0.1, -0.05) is 0 Å². The lowest BCUT2D eigenvalue weighted by Gasteiger charge is -2.31. The fraction of sp³-hybridized carbons (Fsp3) is 0.900. The van der Waals surface area contributed by atoms with Crippen LogP contribution in [0.25, 0.3) is 0 Å². The molecule has 1 aliphatic heterocycles. The molecule has 0 radical (unpaired) electrons. The van der Waals surface area contributed by atoms with Gasteiger partial charge in [0.1, 0.15) is 5.60 Å². The Morgan fingerprint density at radius 2 is 2.12 bits per heavy atom. The van der Waals surface area contributed by atoms with E-state index in [2.05, 4.69) is 10.6 Å². The molecule has 1 atom stereocenters. The van der Waals surface area contributed by atoms with Gasteiger partial charge in [-0.25, -0.2) is 13.6 Å².